The van der Waals surface area contributed by atoms with Crippen molar-refractivity contribution in [2.24, 2.45) is 5.92 Å². The first-order valence-electron chi connectivity index (χ1n) is 10.3. The molecule has 1 atom stereocenters. The summed E-state index contributed by atoms with van der Waals surface area (Å²) < 4.78 is 11.3. The molecule has 7 heteroatoms. The fourth-order valence-corrected chi connectivity index (χ4v) is 3.60. The Bertz CT molecular complexity index is 1010. The number of aliphatic hydroxyl groups is 1. The van der Waals surface area contributed by atoms with Gasteiger partial charge in [0.15, 0.2) is 23.0 Å². The van der Waals surface area contributed by atoms with Crippen molar-refractivity contribution in [3.63, 3.8) is 0 Å². The lowest BCUT2D eigenvalue weighted by molar-refractivity contribution is -0.119. The van der Waals surface area contributed by atoms with E-state index in [4.69, 9.17) is 9.47 Å². The first-order valence-corrected chi connectivity index (χ1v) is 10.3. The third-order valence-corrected chi connectivity index (χ3v) is 5.01. The lowest BCUT2D eigenvalue weighted by atomic mass is 9.91. The molecule has 1 amide bonds. The van der Waals surface area contributed by atoms with Crippen LogP contribution in [0.15, 0.2) is 53.8 Å². The van der Waals surface area contributed by atoms with Crippen LogP contribution in [0.4, 0.5) is 5.69 Å². The number of hydrogen-bond acceptors (Lipinski definition) is 6. The maximum Gasteiger partial charge on any atom is 0.294 e. The second-order valence-electron chi connectivity index (χ2n) is 7.45. The summed E-state index contributed by atoms with van der Waals surface area (Å²) in [5, 5.41) is 20.4. The maximum atomic E-state index is 13.1. The highest BCUT2D eigenvalue weighted by Gasteiger charge is 2.45. The van der Waals surface area contributed by atoms with E-state index in [0.29, 0.717) is 36.0 Å². The number of aliphatic hydroxyl groups excluding tert-OH is 1. The Morgan fingerprint density at radius 1 is 1.00 bits per heavy atom. The minimum Gasteiger partial charge on any atom is -0.508 e. The van der Waals surface area contributed by atoms with E-state index in [1.807, 2.05) is 13.8 Å². The number of carbonyl (C=O) groups is 2. The molecule has 1 heterocycles. The molecule has 1 aliphatic heterocycles. The zero-order chi connectivity index (χ0) is 22.7. The van der Waals surface area contributed by atoms with Gasteiger partial charge in [0.05, 0.1) is 24.8 Å². The highest BCUT2D eigenvalue weighted by atomic mass is 16.5. The number of benzene rings is 2. The molecule has 0 aromatic heterocycles. The number of nitrogens with zero attached hydrogens (tertiary/aromatic N) is 1. The summed E-state index contributed by atoms with van der Waals surface area (Å²) in [6.45, 7) is 7.99. The summed E-state index contributed by atoms with van der Waals surface area (Å²) in [4.78, 5) is 27.4. The van der Waals surface area contributed by atoms with E-state index in [1.165, 1.54) is 17.0 Å². The Labute approximate surface area is 181 Å². The Kier molecular flexibility index (Phi) is 6.53. The quantitative estimate of drug-likeness (QED) is 0.654. The number of amides is 1. The van der Waals surface area contributed by atoms with E-state index in [0.717, 1.165) is 0 Å². The molecule has 0 aliphatic carbocycles. The molecule has 3 rings (SSSR count). The molecule has 0 spiro atoms. The van der Waals surface area contributed by atoms with Crippen molar-refractivity contribution in [2.75, 3.05) is 18.1 Å². The number of phenolic OH excluding ortho intramolecular Hbond substituents is 1. The summed E-state index contributed by atoms with van der Waals surface area (Å²) >= 11 is 0. The molecule has 0 radical (unpaired) electrons. The molecule has 7 nitrogen and oxygen atoms in total. The lowest BCUT2D eigenvalue weighted by Gasteiger charge is -2.28. The first-order chi connectivity index (χ1) is 14.8. The molecule has 0 fully saturated rings. The number of aromatic hydroxyl groups is 1. The van der Waals surface area contributed by atoms with Crippen molar-refractivity contribution in [1.29, 1.82) is 0 Å². The fourth-order valence-electron chi connectivity index (χ4n) is 3.60. The normalized spacial score (nSPS) is 16.2. The molecule has 1 unspecified atom stereocenters. The number of anilines is 1. The third kappa shape index (κ3) is 4.21. The van der Waals surface area contributed by atoms with Crippen molar-refractivity contribution in [3.05, 3.63) is 59.4 Å². The van der Waals surface area contributed by atoms with E-state index in [2.05, 4.69) is 0 Å². The van der Waals surface area contributed by atoms with Gasteiger partial charge >= 0.3 is 0 Å². The molecule has 0 saturated carbocycles. The van der Waals surface area contributed by atoms with Gasteiger partial charge in [-0.05, 0) is 43.7 Å². The zero-order valence-electron chi connectivity index (χ0n) is 18.1. The van der Waals surface area contributed by atoms with E-state index in [-0.39, 0.29) is 17.1 Å². The molecule has 164 valence electrons. The zero-order valence-corrected chi connectivity index (χ0v) is 18.1. The van der Waals surface area contributed by atoms with E-state index < -0.39 is 23.6 Å². The topological polar surface area (TPSA) is 96.3 Å². The van der Waals surface area contributed by atoms with Crippen LogP contribution < -0.4 is 14.4 Å². The number of carbonyl (C=O) groups excluding carboxylic acids is 2. The second kappa shape index (κ2) is 9.12. The van der Waals surface area contributed by atoms with Gasteiger partial charge in [-0.3, -0.25) is 14.5 Å². The van der Waals surface area contributed by atoms with Crippen LogP contribution in [-0.2, 0) is 9.59 Å². The minimum absolute atomic E-state index is 0.0394. The lowest BCUT2D eigenvalue weighted by Crippen LogP contribution is -2.31. The molecule has 2 aromatic carbocycles. The summed E-state index contributed by atoms with van der Waals surface area (Å²) in [7, 11) is 0. The number of ether oxygens (including phenoxy) is 2. The number of rotatable bonds is 8. The van der Waals surface area contributed by atoms with Crippen molar-refractivity contribution in [1.82, 2.24) is 0 Å². The number of Topliss-reactive ketones (excluding diaryl/α,β-unsaturated/α-hetero) is 1. The van der Waals surface area contributed by atoms with Gasteiger partial charge in [-0.25, -0.2) is 0 Å². The maximum absolute atomic E-state index is 13.1. The average molecular weight is 425 g/mol. The van der Waals surface area contributed by atoms with Gasteiger partial charge in [-0.2, -0.15) is 0 Å². The third-order valence-electron chi connectivity index (χ3n) is 5.01. The van der Waals surface area contributed by atoms with Gasteiger partial charge < -0.3 is 19.7 Å². The van der Waals surface area contributed by atoms with Gasteiger partial charge in [-0.15, -0.1) is 0 Å². The molecule has 0 bridgehead atoms. The van der Waals surface area contributed by atoms with Crippen LogP contribution in [0.3, 0.4) is 0 Å². The number of ketones is 1. The Hall–Kier alpha value is -3.48. The van der Waals surface area contributed by atoms with Gasteiger partial charge in [0.1, 0.15) is 5.75 Å². The Balaban J connectivity index is 2.16. The Morgan fingerprint density at radius 3 is 2.19 bits per heavy atom. The first kappa shape index (κ1) is 22.2. The minimum atomic E-state index is -0.838. The van der Waals surface area contributed by atoms with Crippen molar-refractivity contribution in [3.8, 4) is 17.2 Å². The van der Waals surface area contributed by atoms with Crippen LogP contribution in [0, 0.1) is 5.92 Å². The summed E-state index contributed by atoms with van der Waals surface area (Å²) in [5.41, 5.74) is 1.08. The molecule has 0 saturated heterocycles. The SMILES string of the molecule is CCOc1ccc(N2C(=O)C(O)=C(C(=O)C(C)C)C2c2ccc(O)cc2)cc1OCC. The molecular formula is C24H27NO6. The predicted molar refractivity (Wildman–Crippen MR) is 117 cm³/mol. The monoisotopic (exact) mass is 425 g/mol. The van der Waals surface area contributed by atoms with Crippen molar-refractivity contribution < 1.29 is 29.3 Å². The van der Waals surface area contributed by atoms with Gasteiger partial charge in [0, 0.05) is 17.7 Å². The smallest absolute Gasteiger partial charge is 0.294 e. The van der Waals surface area contributed by atoms with Crippen LogP contribution in [0.2, 0.25) is 0 Å². The number of hydrogen-bond donors (Lipinski definition) is 2. The van der Waals surface area contributed by atoms with E-state index in [1.54, 1.807) is 44.2 Å². The summed E-state index contributed by atoms with van der Waals surface area (Å²) in [5.74, 6) is -0.911. The van der Waals surface area contributed by atoms with Crippen LogP contribution in [0.1, 0.15) is 39.3 Å². The Morgan fingerprint density at radius 2 is 1.61 bits per heavy atom. The highest BCUT2D eigenvalue weighted by Crippen LogP contribution is 2.44. The fraction of sp³-hybridized carbons (Fsp3) is 0.333. The molecular weight excluding hydrogens is 398 g/mol. The van der Waals surface area contributed by atoms with Crippen LogP contribution in [0.5, 0.6) is 17.2 Å². The largest absolute Gasteiger partial charge is 0.508 e. The standard InChI is InChI=1S/C24H27NO6/c1-5-30-18-12-9-16(13-19(18)31-6-2)25-21(15-7-10-17(26)11-8-15)20(22(27)14(3)4)23(28)24(25)29/h7-14,21,26,28H,5-6H2,1-4H3. The van der Waals surface area contributed by atoms with Crippen LogP contribution in [-0.4, -0.2) is 35.1 Å². The van der Waals surface area contributed by atoms with E-state index in [9.17, 15) is 19.8 Å². The van der Waals surface area contributed by atoms with Crippen molar-refractivity contribution in [2.45, 2.75) is 33.7 Å². The molecule has 31 heavy (non-hydrogen) atoms. The highest BCUT2D eigenvalue weighted by molar-refractivity contribution is 6.16. The number of phenols is 1. The van der Waals surface area contributed by atoms with Crippen molar-refractivity contribution >= 4 is 17.4 Å². The van der Waals surface area contributed by atoms with Gasteiger partial charge in [0.25, 0.3) is 5.91 Å². The van der Waals surface area contributed by atoms with Crippen LogP contribution in [0.25, 0.3) is 0 Å². The molecule has 1 aliphatic rings. The molecule has 2 aromatic rings. The summed E-state index contributed by atoms with van der Waals surface area (Å²) in [6, 6.07) is 10.4. The summed E-state index contributed by atoms with van der Waals surface area (Å²) in [6.07, 6.45) is 0. The van der Waals surface area contributed by atoms with Gasteiger partial charge in [-0.1, -0.05) is 26.0 Å². The molecule has 2 N–H and O–H groups in total. The average Bonchev–Trinajstić information content (AvgIpc) is 3.00. The van der Waals surface area contributed by atoms with Crippen LogP contribution >= 0.6 is 0 Å². The second-order valence-corrected chi connectivity index (χ2v) is 7.45. The van der Waals surface area contributed by atoms with E-state index >= 15 is 0 Å². The van der Waals surface area contributed by atoms with Gasteiger partial charge in [0.2, 0.25) is 0 Å². The predicted octanol–water partition coefficient (Wildman–Crippen LogP) is 4.31.